The number of carbonyl (C=O) groups excluding carboxylic acids is 1. The number of benzene rings is 2. The van der Waals surface area contributed by atoms with Crippen LogP contribution in [0.25, 0.3) is 5.57 Å². The summed E-state index contributed by atoms with van der Waals surface area (Å²) >= 11 is 0. The van der Waals surface area contributed by atoms with Crippen molar-refractivity contribution in [3.8, 4) is 0 Å². The molecule has 224 valence electrons. The minimum Gasteiger partial charge on any atom is -0.492 e. The monoisotopic (exact) mass is 569 g/mol. The van der Waals surface area contributed by atoms with Gasteiger partial charge in [0.05, 0.1) is 17.3 Å². The maximum atomic E-state index is 14.1. The first-order valence-electron chi connectivity index (χ1n) is 16.1. The standard InChI is InChI=1S/C35H47N5O2/c1-3-4-16-38-18-20-39(21-19-38)22-23-42-34-25-29(9-11-30(34)27-10-12-31-28(24-27)13-15-36-31)35(41)40-17-14-26(2)37-32-7-5-6-8-33(32)40/h5-8,10-12,24-26,29,36-37H,3-4,9,13-23H2,1-2H3/t26-,29?/m0/s1. The van der Waals surface area contributed by atoms with E-state index in [1.807, 2.05) is 17.0 Å². The predicted molar refractivity (Wildman–Crippen MR) is 173 cm³/mol. The highest BCUT2D eigenvalue weighted by Gasteiger charge is 2.31. The maximum Gasteiger partial charge on any atom is 0.234 e. The van der Waals surface area contributed by atoms with Gasteiger partial charge in [0.25, 0.3) is 0 Å². The molecule has 2 aromatic carbocycles. The fourth-order valence-corrected chi connectivity index (χ4v) is 6.66. The molecule has 1 saturated heterocycles. The molecule has 4 aliphatic rings. The van der Waals surface area contributed by atoms with Gasteiger partial charge in [-0.25, -0.2) is 0 Å². The molecule has 1 amide bonds. The number of rotatable bonds is 9. The second-order valence-corrected chi connectivity index (χ2v) is 12.3. The molecule has 3 aliphatic heterocycles. The number of para-hydroxylation sites is 2. The zero-order chi connectivity index (χ0) is 28.9. The van der Waals surface area contributed by atoms with Crippen LogP contribution in [-0.4, -0.2) is 80.7 Å². The van der Waals surface area contributed by atoms with Crippen LogP contribution in [0.2, 0.25) is 0 Å². The first-order valence-corrected chi connectivity index (χ1v) is 16.1. The first-order chi connectivity index (χ1) is 20.6. The number of nitrogens with one attached hydrogen (secondary N) is 2. The molecule has 0 radical (unpaired) electrons. The van der Waals surface area contributed by atoms with E-state index in [4.69, 9.17) is 4.74 Å². The Bertz CT molecular complexity index is 1310. The molecule has 7 heteroatoms. The summed E-state index contributed by atoms with van der Waals surface area (Å²) in [6.45, 7) is 13.3. The summed E-state index contributed by atoms with van der Waals surface area (Å²) in [5.41, 5.74) is 6.89. The van der Waals surface area contributed by atoms with E-state index in [2.05, 4.69) is 76.8 Å². The SMILES string of the molecule is CCCCN1CCN(CCOC2=CC(C(=O)N3CC[C@H](C)Nc4ccccc43)CC=C2c2ccc3c(c2)CCN3)CC1. The van der Waals surface area contributed by atoms with Crippen molar-refractivity contribution in [3.05, 3.63) is 71.5 Å². The zero-order valence-corrected chi connectivity index (χ0v) is 25.4. The van der Waals surface area contributed by atoms with Crippen molar-refractivity contribution >= 4 is 28.5 Å². The smallest absolute Gasteiger partial charge is 0.234 e. The van der Waals surface area contributed by atoms with Crippen LogP contribution in [0, 0.1) is 5.92 Å². The van der Waals surface area contributed by atoms with Gasteiger partial charge in [-0.2, -0.15) is 0 Å². The highest BCUT2D eigenvalue weighted by molar-refractivity contribution is 6.00. The largest absolute Gasteiger partial charge is 0.492 e. The molecule has 42 heavy (non-hydrogen) atoms. The Morgan fingerprint density at radius 2 is 1.81 bits per heavy atom. The molecular weight excluding hydrogens is 522 g/mol. The van der Waals surface area contributed by atoms with Crippen LogP contribution in [0.3, 0.4) is 0 Å². The van der Waals surface area contributed by atoms with Gasteiger partial charge in [0, 0.05) is 63.1 Å². The molecule has 6 rings (SSSR count). The minimum absolute atomic E-state index is 0.149. The summed E-state index contributed by atoms with van der Waals surface area (Å²) < 4.78 is 6.58. The Morgan fingerprint density at radius 3 is 2.64 bits per heavy atom. The quantitative estimate of drug-likeness (QED) is 0.409. The van der Waals surface area contributed by atoms with Gasteiger partial charge in [0.1, 0.15) is 12.4 Å². The molecule has 1 fully saturated rings. The van der Waals surface area contributed by atoms with E-state index in [1.165, 1.54) is 36.2 Å². The highest BCUT2D eigenvalue weighted by atomic mass is 16.5. The number of unbranched alkanes of at least 4 members (excludes halogenated alkanes) is 1. The van der Waals surface area contributed by atoms with Crippen LogP contribution in [0.5, 0.6) is 0 Å². The summed E-state index contributed by atoms with van der Waals surface area (Å²) in [5, 5.41) is 7.05. The van der Waals surface area contributed by atoms with Crippen molar-refractivity contribution in [2.45, 2.75) is 52.0 Å². The fraction of sp³-hybridized carbons (Fsp3) is 0.514. The van der Waals surface area contributed by atoms with Gasteiger partial charge in [0.2, 0.25) is 5.91 Å². The lowest BCUT2D eigenvalue weighted by molar-refractivity contribution is -0.121. The third-order valence-corrected chi connectivity index (χ3v) is 9.24. The number of hydrogen-bond donors (Lipinski definition) is 2. The molecule has 7 nitrogen and oxygen atoms in total. The van der Waals surface area contributed by atoms with Crippen molar-refractivity contribution in [2.24, 2.45) is 5.92 Å². The molecule has 1 unspecified atom stereocenters. The van der Waals surface area contributed by atoms with Gasteiger partial charge >= 0.3 is 0 Å². The van der Waals surface area contributed by atoms with E-state index >= 15 is 0 Å². The van der Waals surface area contributed by atoms with Gasteiger partial charge in [0.15, 0.2) is 0 Å². The zero-order valence-electron chi connectivity index (χ0n) is 25.4. The molecule has 0 spiro atoms. The second-order valence-electron chi connectivity index (χ2n) is 12.3. The van der Waals surface area contributed by atoms with Crippen molar-refractivity contribution in [2.75, 3.05) is 74.5 Å². The van der Waals surface area contributed by atoms with Gasteiger partial charge in [-0.3, -0.25) is 9.69 Å². The summed E-state index contributed by atoms with van der Waals surface area (Å²) in [6.07, 6.45) is 9.51. The van der Waals surface area contributed by atoms with Crippen molar-refractivity contribution in [1.29, 1.82) is 0 Å². The van der Waals surface area contributed by atoms with E-state index in [0.29, 0.717) is 25.6 Å². The van der Waals surface area contributed by atoms with Crippen LogP contribution in [0.15, 0.2) is 60.4 Å². The summed E-state index contributed by atoms with van der Waals surface area (Å²) in [7, 11) is 0. The Hall–Kier alpha value is -3.29. The topological polar surface area (TPSA) is 60.1 Å². The molecule has 2 aromatic rings. The maximum absolute atomic E-state index is 14.1. The number of ether oxygens (including phenoxy) is 1. The number of allylic oxidation sites excluding steroid dienone is 2. The van der Waals surface area contributed by atoms with Gasteiger partial charge < -0.3 is 25.2 Å². The number of hydrogen-bond acceptors (Lipinski definition) is 6. The number of anilines is 3. The lowest BCUT2D eigenvalue weighted by atomic mass is 9.89. The minimum atomic E-state index is -0.247. The molecule has 0 bridgehead atoms. The Balaban J connectivity index is 1.18. The molecule has 3 heterocycles. The second kappa shape index (κ2) is 13.3. The van der Waals surface area contributed by atoms with E-state index in [-0.39, 0.29) is 11.8 Å². The summed E-state index contributed by atoms with van der Waals surface area (Å²) in [4.78, 5) is 21.2. The van der Waals surface area contributed by atoms with E-state index in [9.17, 15) is 4.79 Å². The summed E-state index contributed by atoms with van der Waals surface area (Å²) in [6, 6.07) is 15.2. The number of piperazine rings is 1. The molecular formula is C35H47N5O2. The first kappa shape index (κ1) is 28.8. The number of carbonyl (C=O) groups is 1. The molecule has 2 atom stereocenters. The van der Waals surface area contributed by atoms with Crippen LogP contribution in [-0.2, 0) is 16.0 Å². The molecule has 2 N–H and O–H groups in total. The van der Waals surface area contributed by atoms with Crippen LogP contribution in [0.1, 0.15) is 50.7 Å². The van der Waals surface area contributed by atoms with Gasteiger partial charge in [-0.1, -0.05) is 37.6 Å². The molecule has 0 aromatic heterocycles. The van der Waals surface area contributed by atoms with Crippen LogP contribution in [0.4, 0.5) is 17.1 Å². The van der Waals surface area contributed by atoms with Crippen LogP contribution < -0.4 is 15.5 Å². The van der Waals surface area contributed by atoms with Crippen molar-refractivity contribution < 1.29 is 9.53 Å². The third-order valence-electron chi connectivity index (χ3n) is 9.24. The van der Waals surface area contributed by atoms with Crippen molar-refractivity contribution in [3.63, 3.8) is 0 Å². The van der Waals surface area contributed by atoms with E-state index in [1.54, 1.807) is 0 Å². The molecule has 1 aliphatic carbocycles. The normalized spacial score (nSPS) is 22.7. The Labute approximate surface area is 251 Å². The Morgan fingerprint density at radius 1 is 1.00 bits per heavy atom. The van der Waals surface area contributed by atoms with Gasteiger partial charge in [-0.05, 0) is 80.6 Å². The lowest BCUT2D eigenvalue weighted by Gasteiger charge is -2.34. The third kappa shape index (κ3) is 6.52. The van der Waals surface area contributed by atoms with Crippen molar-refractivity contribution in [1.82, 2.24) is 9.80 Å². The Kier molecular flexibility index (Phi) is 9.15. The average Bonchev–Trinajstić information content (AvgIpc) is 3.42. The molecule has 0 saturated carbocycles. The fourth-order valence-electron chi connectivity index (χ4n) is 6.66. The van der Waals surface area contributed by atoms with E-state index in [0.717, 1.165) is 74.8 Å². The van der Waals surface area contributed by atoms with Crippen LogP contribution >= 0.6 is 0 Å². The van der Waals surface area contributed by atoms with Gasteiger partial charge in [-0.15, -0.1) is 0 Å². The lowest BCUT2D eigenvalue weighted by Crippen LogP contribution is -2.47. The summed E-state index contributed by atoms with van der Waals surface area (Å²) in [5.74, 6) is 0.751. The number of amides is 1. The number of nitrogens with zero attached hydrogens (tertiary/aromatic N) is 3. The average molecular weight is 570 g/mol. The highest BCUT2D eigenvalue weighted by Crippen LogP contribution is 2.37. The predicted octanol–water partition coefficient (Wildman–Crippen LogP) is 5.61. The van der Waals surface area contributed by atoms with E-state index < -0.39 is 0 Å². The number of fused-ring (bicyclic) bond motifs is 2.